The molecule has 1 aromatic carbocycles. The number of hydrogen-bond acceptors (Lipinski definition) is 4. The Balaban J connectivity index is 1.68. The number of nitrogens with two attached hydrogens (primary N) is 1. The number of amides is 1. The van der Waals surface area contributed by atoms with Crippen LogP contribution in [0, 0.1) is 5.92 Å². The molecule has 4 atom stereocenters. The number of rotatable bonds is 4. The highest BCUT2D eigenvalue weighted by molar-refractivity contribution is 5.94. The second-order valence-electron chi connectivity index (χ2n) is 7.29. The predicted octanol–water partition coefficient (Wildman–Crippen LogP) is 2.76. The van der Waals surface area contributed by atoms with Crippen molar-refractivity contribution in [2.45, 2.75) is 57.8 Å². The van der Waals surface area contributed by atoms with E-state index in [-0.39, 0.29) is 24.2 Å². The fourth-order valence-electron chi connectivity index (χ4n) is 3.99. The molecule has 1 heterocycles. The van der Waals surface area contributed by atoms with Crippen molar-refractivity contribution in [3.63, 3.8) is 0 Å². The van der Waals surface area contributed by atoms with Gasteiger partial charge in [-0.25, -0.2) is 0 Å². The monoisotopic (exact) mass is 331 g/mol. The van der Waals surface area contributed by atoms with E-state index >= 15 is 0 Å². The third-order valence-corrected chi connectivity index (χ3v) is 5.10. The molecule has 0 bridgehead atoms. The molecule has 5 heteroatoms. The Bertz CT molecular complexity index is 567. The number of carbonyl (C=O) groups excluding carboxylic acids is 1. The number of hydrogen-bond donors (Lipinski definition) is 2. The van der Waals surface area contributed by atoms with Crippen LogP contribution in [-0.2, 0) is 9.53 Å². The molecule has 1 aromatic rings. The molecule has 3 N–H and O–H groups in total. The van der Waals surface area contributed by atoms with E-state index in [1.54, 1.807) is 0 Å². The Morgan fingerprint density at radius 3 is 2.62 bits per heavy atom. The van der Waals surface area contributed by atoms with E-state index in [0.717, 1.165) is 43.7 Å². The molecule has 3 rings (SSSR count). The van der Waals surface area contributed by atoms with Gasteiger partial charge in [0, 0.05) is 25.6 Å². The van der Waals surface area contributed by atoms with Gasteiger partial charge in [-0.2, -0.15) is 0 Å². The van der Waals surface area contributed by atoms with E-state index in [9.17, 15) is 4.79 Å². The summed E-state index contributed by atoms with van der Waals surface area (Å²) < 4.78 is 5.82. The van der Waals surface area contributed by atoms with Crippen molar-refractivity contribution >= 4 is 17.3 Å². The Labute approximate surface area is 144 Å². The molecule has 2 fully saturated rings. The van der Waals surface area contributed by atoms with Crippen molar-refractivity contribution in [1.82, 2.24) is 0 Å². The number of morpholine rings is 1. The molecule has 1 aliphatic carbocycles. The van der Waals surface area contributed by atoms with Crippen molar-refractivity contribution in [2.24, 2.45) is 11.7 Å². The van der Waals surface area contributed by atoms with Crippen LogP contribution in [0.4, 0.5) is 11.4 Å². The average molecular weight is 331 g/mol. The summed E-state index contributed by atoms with van der Waals surface area (Å²) >= 11 is 0. The smallest absolute Gasteiger partial charge is 0.224 e. The Kier molecular flexibility index (Phi) is 5.41. The van der Waals surface area contributed by atoms with Crippen molar-refractivity contribution in [3.8, 4) is 0 Å². The van der Waals surface area contributed by atoms with E-state index in [2.05, 4.69) is 30.1 Å². The third kappa shape index (κ3) is 4.08. The molecular weight excluding hydrogens is 302 g/mol. The van der Waals surface area contributed by atoms with Crippen LogP contribution in [0.15, 0.2) is 24.3 Å². The van der Waals surface area contributed by atoms with Crippen LogP contribution in [0.2, 0.25) is 0 Å². The molecule has 2 aliphatic rings. The summed E-state index contributed by atoms with van der Waals surface area (Å²) in [5, 5.41) is 3.11. The summed E-state index contributed by atoms with van der Waals surface area (Å²) in [5.41, 5.74) is 8.05. The number of nitrogens with one attached hydrogen (secondary N) is 1. The first-order chi connectivity index (χ1) is 11.5. The zero-order valence-electron chi connectivity index (χ0n) is 14.7. The summed E-state index contributed by atoms with van der Waals surface area (Å²) in [6.07, 6.45) is 4.14. The summed E-state index contributed by atoms with van der Waals surface area (Å²) in [4.78, 5) is 14.8. The van der Waals surface area contributed by atoms with Crippen LogP contribution < -0.4 is 16.0 Å². The van der Waals surface area contributed by atoms with Gasteiger partial charge in [0.2, 0.25) is 5.91 Å². The first kappa shape index (κ1) is 17.2. The lowest BCUT2D eigenvalue weighted by Crippen LogP contribution is -2.45. The highest BCUT2D eigenvalue weighted by atomic mass is 16.5. The van der Waals surface area contributed by atoms with Gasteiger partial charge in [-0.3, -0.25) is 4.79 Å². The average Bonchev–Trinajstić information content (AvgIpc) is 2.92. The summed E-state index contributed by atoms with van der Waals surface area (Å²) in [6, 6.07) is 8.21. The van der Waals surface area contributed by atoms with Crippen molar-refractivity contribution in [3.05, 3.63) is 24.3 Å². The van der Waals surface area contributed by atoms with Gasteiger partial charge >= 0.3 is 0 Å². The number of nitrogens with zero attached hydrogens (tertiary/aromatic N) is 1. The van der Waals surface area contributed by atoms with E-state index in [4.69, 9.17) is 10.5 Å². The van der Waals surface area contributed by atoms with Crippen molar-refractivity contribution < 1.29 is 9.53 Å². The van der Waals surface area contributed by atoms with Crippen LogP contribution in [0.3, 0.4) is 0 Å². The summed E-state index contributed by atoms with van der Waals surface area (Å²) in [7, 11) is 0. The highest BCUT2D eigenvalue weighted by Crippen LogP contribution is 2.30. The van der Waals surface area contributed by atoms with Gasteiger partial charge in [-0.15, -0.1) is 0 Å². The lowest BCUT2D eigenvalue weighted by molar-refractivity contribution is -0.117. The molecule has 0 aromatic heterocycles. The van der Waals surface area contributed by atoms with Crippen molar-refractivity contribution in [2.75, 3.05) is 23.3 Å². The molecule has 1 saturated heterocycles. The third-order valence-electron chi connectivity index (χ3n) is 5.10. The standard InChI is InChI=1S/C19H29N3O2/c1-13-11-22(12-14(2)24-13)18-9-4-3-8-17(18)21-19(23)10-15-6-5-7-16(15)20/h3-4,8-9,13-16H,5-7,10-12,20H2,1-2H3,(H,21,23)/t13?,14?,15-,16+/m0/s1. The Morgan fingerprint density at radius 1 is 1.25 bits per heavy atom. The van der Waals surface area contributed by atoms with E-state index in [1.807, 2.05) is 18.2 Å². The SMILES string of the molecule is CC1CN(c2ccccc2NC(=O)C[C@@H]2CCC[C@H]2N)CC(C)O1. The number of carbonyl (C=O) groups is 1. The Morgan fingerprint density at radius 2 is 1.96 bits per heavy atom. The normalized spacial score (nSPS) is 30.4. The van der Waals surface area contributed by atoms with Crippen LogP contribution in [-0.4, -0.2) is 37.2 Å². The second-order valence-corrected chi connectivity index (χ2v) is 7.29. The molecule has 132 valence electrons. The van der Waals surface area contributed by atoms with Crippen molar-refractivity contribution in [1.29, 1.82) is 0 Å². The van der Waals surface area contributed by atoms with Gasteiger partial charge < -0.3 is 20.7 Å². The van der Waals surface area contributed by atoms with Crippen LogP contribution in [0.5, 0.6) is 0 Å². The molecule has 0 spiro atoms. The number of para-hydroxylation sites is 2. The minimum Gasteiger partial charge on any atom is -0.372 e. The maximum Gasteiger partial charge on any atom is 0.224 e. The lowest BCUT2D eigenvalue weighted by atomic mass is 10.00. The minimum absolute atomic E-state index is 0.0687. The van der Waals surface area contributed by atoms with Gasteiger partial charge in [0.1, 0.15) is 0 Å². The molecule has 24 heavy (non-hydrogen) atoms. The maximum absolute atomic E-state index is 12.5. The zero-order valence-corrected chi connectivity index (χ0v) is 14.7. The topological polar surface area (TPSA) is 67.6 Å². The largest absolute Gasteiger partial charge is 0.372 e. The highest BCUT2D eigenvalue weighted by Gasteiger charge is 2.27. The fraction of sp³-hybridized carbons (Fsp3) is 0.632. The van der Waals surface area contributed by atoms with Crippen LogP contribution in [0.1, 0.15) is 39.5 Å². The molecule has 5 nitrogen and oxygen atoms in total. The van der Waals surface area contributed by atoms with Gasteiger partial charge in [0.05, 0.1) is 23.6 Å². The predicted molar refractivity (Wildman–Crippen MR) is 97.2 cm³/mol. The van der Waals surface area contributed by atoms with Crippen LogP contribution in [0.25, 0.3) is 0 Å². The van der Waals surface area contributed by atoms with Crippen LogP contribution >= 0.6 is 0 Å². The maximum atomic E-state index is 12.5. The molecule has 1 aliphatic heterocycles. The number of anilines is 2. The van der Waals surface area contributed by atoms with Gasteiger partial charge in [0.25, 0.3) is 0 Å². The van der Waals surface area contributed by atoms with Gasteiger partial charge in [-0.1, -0.05) is 18.6 Å². The zero-order chi connectivity index (χ0) is 17.1. The first-order valence-electron chi connectivity index (χ1n) is 9.08. The number of benzene rings is 1. The second kappa shape index (κ2) is 7.53. The quantitative estimate of drug-likeness (QED) is 0.890. The van der Waals surface area contributed by atoms with E-state index in [1.165, 1.54) is 0 Å². The molecular formula is C19H29N3O2. The minimum atomic E-state index is 0.0687. The summed E-state index contributed by atoms with van der Waals surface area (Å²) in [6.45, 7) is 5.85. The molecule has 2 unspecified atom stereocenters. The molecule has 1 amide bonds. The number of ether oxygens (including phenoxy) is 1. The Hall–Kier alpha value is -1.59. The lowest BCUT2D eigenvalue weighted by Gasteiger charge is -2.37. The summed E-state index contributed by atoms with van der Waals surface area (Å²) in [5.74, 6) is 0.389. The fourth-order valence-corrected chi connectivity index (χ4v) is 3.99. The van der Waals surface area contributed by atoms with Gasteiger partial charge in [-0.05, 0) is 44.7 Å². The molecule has 1 saturated carbocycles. The van der Waals surface area contributed by atoms with Gasteiger partial charge in [0.15, 0.2) is 0 Å². The van der Waals surface area contributed by atoms with E-state index in [0.29, 0.717) is 12.3 Å². The first-order valence-corrected chi connectivity index (χ1v) is 9.08. The molecule has 0 radical (unpaired) electrons. The van der Waals surface area contributed by atoms with E-state index < -0.39 is 0 Å².